The van der Waals surface area contributed by atoms with E-state index in [-0.39, 0.29) is 18.2 Å². The number of phenols is 1. The number of aromatic hydroxyl groups is 1. The average molecular weight is 274 g/mol. The van der Waals surface area contributed by atoms with Gasteiger partial charge in [-0.25, -0.2) is 0 Å². The monoisotopic (exact) mass is 273 g/mol. The third kappa shape index (κ3) is 2.61. The normalized spacial score (nSPS) is 15.9. The zero-order valence-corrected chi connectivity index (χ0v) is 10.8. The van der Waals surface area contributed by atoms with Crippen LogP contribution in [-0.2, 0) is 0 Å². The van der Waals surface area contributed by atoms with Crippen molar-refractivity contribution in [2.24, 2.45) is 0 Å². The van der Waals surface area contributed by atoms with Gasteiger partial charge >= 0.3 is 0 Å². The Labute approximate surface area is 117 Å². The highest BCUT2D eigenvalue weighted by atomic mass is 35.5. The Morgan fingerprint density at radius 2 is 1.68 bits per heavy atom. The molecular formula is C15H12ClNO2. The zero-order chi connectivity index (χ0) is 12.5. The van der Waals surface area contributed by atoms with E-state index in [0.717, 1.165) is 28.4 Å². The summed E-state index contributed by atoms with van der Waals surface area (Å²) >= 11 is 0. The molecule has 96 valence electrons. The molecule has 19 heavy (non-hydrogen) atoms. The Bertz CT molecular complexity index is 636. The van der Waals surface area contributed by atoms with Gasteiger partial charge in [0.25, 0.3) is 0 Å². The van der Waals surface area contributed by atoms with Crippen molar-refractivity contribution in [3.8, 4) is 11.5 Å². The van der Waals surface area contributed by atoms with E-state index in [9.17, 15) is 5.11 Å². The molecule has 0 amide bonds. The van der Waals surface area contributed by atoms with Crippen molar-refractivity contribution in [2.75, 3.05) is 0 Å². The van der Waals surface area contributed by atoms with E-state index in [1.54, 1.807) is 18.2 Å². The molecule has 0 aromatic heterocycles. The third-order valence-electron chi connectivity index (χ3n) is 2.82. The summed E-state index contributed by atoms with van der Waals surface area (Å²) in [5, 5.41) is 15.0. The molecule has 3 rings (SSSR count). The van der Waals surface area contributed by atoms with E-state index in [4.69, 9.17) is 10.1 Å². The molecule has 3 N–H and O–H groups in total. The lowest BCUT2D eigenvalue weighted by Crippen LogP contribution is -3.00. The number of hydrogen-bond acceptors (Lipinski definition) is 2. The van der Waals surface area contributed by atoms with Gasteiger partial charge in [-0.15, -0.1) is 0 Å². The van der Waals surface area contributed by atoms with Crippen molar-refractivity contribution in [2.45, 2.75) is 0 Å². The molecule has 4 heteroatoms. The molecule has 0 atom stereocenters. The van der Waals surface area contributed by atoms with Gasteiger partial charge in [0.15, 0.2) is 5.71 Å². The predicted octanol–water partition coefficient (Wildman–Crippen LogP) is -1.62. The smallest absolute Gasteiger partial charge is 0.196 e. The Hall–Kier alpha value is -2.26. The van der Waals surface area contributed by atoms with E-state index in [1.807, 2.05) is 36.5 Å². The summed E-state index contributed by atoms with van der Waals surface area (Å²) in [4.78, 5) is 0. The van der Waals surface area contributed by atoms with Crippen LogP contribution < -0.4 is 22.6 Å². The molecule has 1 aromatic rings. The Kier molecular flexibility index (Phi) is 3.58. The lowest BCUT2D eigenvalue weighted by molar-refractivity contribution is -0.110. The molecule has 1 aliphatic heterocycles. The summed E-state index contributed by atoms with van der Waals surface area (Å²) in [6.07, 6.45) is 11.3. The molecule has 0 saturated carbocycles. The van der Waals surface area contributed by atoms with Gasteiger partial charge in [-0.05, 0) is 42.5 Å². The van der Waals surface area contributed by atoms with Crippen molar-refractivity contribution in [1.29, 1.82) is 0 Å². The van der Waals surface area contributed by atoms with Crippen LogP contribution in [0.5, 0.6) is 11.5 Å². The minimum absolute atomic E-state index is 0. The van der Waals surface area contributed by atoms with Crippen molar-refractivity contribution < 1.29 is 27.7 Å². The van der Waals surface area contributed by atoms with Crippen LogP contribution >= 0.6 is 0 Å². The van der Waals surface area contributed by atoms with Crippen LogP contribution in [0.3, 0.4) is 0 Å². The quantitative estimate of drug-likeness (QED) is 0.597. The number of ether oxygens (including phenoxy) is 1. The number of halogens is 1. The molecular weight excluding hydrogens is 262 g/mol. The first kappa shape index (κ1) is 13.2. The highest BCUT2D eigenvalue weighted by molar-refractivity contribution is 6.01. The maximum Gasteiger partial charge on any atom is 0.196 e. The van der Waals surface area contributed by atoms with Crippen LogP contribution in [0.25, 0.3) is 6.08 Å². The second kappa shape index (κ2) is 5.16. The van der Waals surface area contributed by atoms with E-state index >= 15 is 0 Å². The van der Waals surface area contributed by atoms with Gasteiger partial charge in [-0.2, -0.15) is 0 Å². The number of allylic oxidation sites excluding steroid dienone is 6. The van der Waals surface area contributed by atoms with Gasteiger partial charge < -0.3 is 22.3 Å². The van der Waals surface area contributed by atoms with E-state index < -0.39 is 0 Å². The van der Waals surface area contributed by atoms with E-state index in [0.29, 0.717) is 0 Å². The summed E-state index contributed by atoms with van der Waals surface area (Å²) in [6, 6.07) is 5.04. The molecule has 0 saturated heterocycles. The minimum Gasteiger partial charge on any atom is -1.00 e. The van der Waals surface area contributed by atoms with Gasteiger partial charge in [0.1, 0.15) is 17.3 Å². The van der Waals surface area contributed by atoms with Crippen molar-refractivity contribution in [3.05, 3.63) is 65.5 Å². The maximum absolute atomic E-state index is 9.39. The number of hydrogen-bond donors (Lipinski definition) is 2. The molecule has 1 heterocycles. The number of rotatable bonds is 0. The standard InChI is InChI=1S/C15H11NO2.ClH/c16-12-4-1-10(2-5-12)14-7-3-11-9-13(17)6-8-15(11)18-14;/h1-9,16-17H;1H. The fourth-order valence-corrected chi connectivity index (χ4v) is 1.88. The first-order chi connectivity index (χ1) is 8.72. The van der Waals surface area contributed by atoms with Gasteiger partial charge in [-0.1, -0.05) is 0 Å². The predicted molar refractivity (Wildman–Crippen MR) is 70.0 cm³/mol. The molecule has 0 bridgehead atoms. The Morgan fingerprint density at radius 1 is 0.947 bits per heavy atom. The van der Waals surface area contributed by atoms with Crippen molar-refractivity contribution >= 4 is 11.8 Å². The number of nitrogens with two attached hydrogens (primary N) is 1. The van der Waals surface area contributed by atoms with Gasteiger partial charge in [0.2, 0.25) is 0 Å². The van der Waals surface area contributed by atoms with E-state index in [1.165, 1.54) is 0 Å². The second-order valence-electron chi connectivity index (χ2n) is 4.14. The third-order valence-corrected chi connectivity index (χ3v) is 2.82. The SMILES string of the molecule is [Cl-].[NH2+]=C1C=CC(=C2C=Cc3cc(O)ccc3O2)C=C1. The Balaban J connectivity index is 0.00000133. The second-order valence-corrected chi connectivity index (χ2v) is 4.14. The number of phenolic OH excluding ortho intramolecular Hbond substituents is 1. The molecule has 0 fully saturated rings. The average Bonchev–Trinajstić information content (AvgIpc) is 2.39. The molecule has 0 radical (unpaired) electrons. The van der Waals surface area contributed by atoms with Crippen LogP contribution in [0.2, 0.25) is 0 Å². The fourth-order valence-electron chi connectivity index (χ4n) is 1.88. The fraction of sp³-hybridized carbons (Fsp3) is 0. The number of benzene rings is 1. The van der Waals surface area contributed by atoms with Gasteiger partial charge in [-0.3, -0.25) is 5.41 Å². The van der Waals surface area contributed by atoms with E-state index in [2.05, 4.69) is 0 Å². The van der Waals surface area contributed by atoms with Crippen LogP contribution in [0.1, 0.15) is 5.56 Å². The zero-order valence-electron chi connectivity index (χ0n) is 10.0. The summed E-state index contributed by atoms with van der Waals surface area (Å²) in [5.74, 6) is 1.74. The first-order valence-corrected chi connectivity index (χ1v) is 5.64. The van der Waals surface area contributed by atoms with Gasteiger partial charge in [0.05, 0.1) is 0 Å². The molecule has 1 aromatic carbocycles. The van der Waals surface area contributed by atoms with Crippen LogP contribution in [-0.4, -0.2) is 10.8 Å². The first-order valence-electron chi connectivity index (χ1n) is 5.64. The van der Waals surface area contributed by atoms with Crippen LogP contribution in [0.15, 0.2) is 59.9 Å². The van der Waals surface area contributed by atoms with Crippen molar-refractivity contribution in [3.63, 3.8) is 0 Å². The molecule has 1 aliphatic carbocycles. The summed E-state index contributed by atoms with van der Waals surface area (Å²) < 4.78 is 5.79. The van der Waals surface area contributed by atoms with Crippen LogP contribution in [0, 0.1) is 0 Å². The Morgan fingerprint density at radius 3 is 2.42 bits per heavy atom. The largest absolute Gasteiger partial charge is 1.00 e. The lowest BCUT2D eigenvalue weighted by atomic mass is 10.0. The van der Waals surface area contributed by atoms with Crippen LogP contribution in [0.4, 0.5) is 0 Å². The highest BCUT2D eigenvalue weighted by Gasteiger charge is 2.13. The van der Waals surface area contributed by atoms with Crippen molar-refractivity contribution in [1.82, 2.24) is 0 Å². The lowest BCUT2D eigenvalue weighted by Gasteiger charge is -2.16. The van der Waals surface area contributed by atoms with Gasteiger partial charge in [0, 0.05) is 23.3 Å². The molecule has 2 aliphatic rings. The molecule has 0 unspecified atom stereocenters. The summed E-state index contributed by atoms with van der Waals surface area (Å²) in [7, 11) is 0. The maximum atomic E-state index is 9.39. The number of fused-ring (bicyclic) bond motifs is 1. The topological polar surface area (TPSA) is 55.0 Å². The molecule has 0 spiro atoms. The minimum atomic E-state index is 0. The molecule has 3 nitrogen and oxygen atoms in total. The summed E-state index contributed by atoms with van der Waals surface area (Å²) in [6.45, 7) is 0. The highest BCUT2D eigenvalue weighted by Crippen LogP contribution is 2.31. The summed E-state index contributed by atoms with van der Waals surface area (Å²) in [5.41, 5.74) is 2.57.